The number of para-hydroxylation sites is 1. The molecule has 0 aliphatic carbocycles. The van der Waals surface area contributed by atoms with Gasteiger partial charge in [0.05, 0.1) is 5.56 Å². The van der Waals surface area contributed by atoms with Crippen LogP contribution in [0.2, 0.25) is 0 Å². The van der Waals surface area contributed by atoms with Gasteiger partial charge in [-0.05, 0) is 25.3 Å². The minimum absolute atomic E-state index is 0.606. The van der Waals surface area contributed by atoms with Crippen molar-refractivity contribution in [3.05, 3.63) is 36.1 Å². The molecule has 2 aromatic rings. The highest BCUT2D eigenvalue weighted by molar-refractivity contribution is 6.07. The zero-order valence-electron chi connectivity index (χ0n) is 9.78. The topological polar surface area (TPSA) is 40.2 Å². The van der Waals surface area contributed by atoms with Crippen LogP contribution in [0.4, 0.5) is 0 Å². The van der Waals surface area contributed by atoms with Crippen LogP contribution in [0.25, 0.3) is 11.0 Å². The van der Waals surface area contributed by atoms with Crippen molar-refractivity contribution in [2.75, 3.05) is 13.1 Å². The maximum atomic E-state index is 8.29. The molecule has 3 heteroatoms. The first-order valence-corrected chi connectivity index (χ1v) is 6.16. The monoisotopic (exact) mass is 228 g/mol. The van der Waals surface area contributed by atoms with E-state index in [0.717, 1.165) is 29.6 Å². The highest BCUT2D eigenvalue weighted by Crippen LogP contribution is 2.23. The Balaban J connectivity index is 1.95. The van der Waals surface area contributed by atoms with Gasteiger partial charge in [0.2, 0.25) is 0 Å². The van der Waals surface area contributed by atoms with Gasteiger partial charge in [0, 0.05) is 18.5 Å². The first kappa shape index (κ1) is 10.4. The summed E-state index contributed by atoms with van der Waals surface area (Å²) < 4.78 is 5.49. The lowest BCUT2D eigenvalue weighted by molar-refractivity contribution is 0.341. The molecular weight excluding hydrogens is 212 g/mol. The van der Waals surface area contributed by atoms with Gasteiger partial charge in [0.1, 0.15) is 17.7 Å². The van der Waals surface area contributed by atoms with Gasteiger partial charge in [0.15, 0.2) is 0 Å². The van der Waals surface area contributed by atoms with Gasteiger partial charge in [0.25, 0.3) is 0 Å². The lowest BCUT2D eigenvalue weighted by Crippen LogP contribution is -2.35. The van der Waals surface area contributed by atoms with E-state index in [9.17, 15) is 0 Å². The van der Waals surface area contributed by atoms with Gasteiger partial charge < -0.3 is 9.32 Å². The number of furan rings is 1. The molecule has 0 spiro atoms. The second-order valence-corrected chi connectivity index (χ2v) is 4.54. The Bertz CT molecular complexity index is 538. The Morgan fingerprint density at radius 2 is 1.88 bits per heavy atom. The van der Waals surface area contributed by atoms with Gasteiger partial charge in [-0.3, -0.25) is 5.41 Å². The molecule has 0 saturated carbocycles. The zero-order chi connectivity index (χ0) is 11.7. The van der Waals surface area contributed by atoms with Gasteiger partial charge in [-0.1, -0.05) is 18.2 Å². The van der Waals surface area contributed by atoms with Crippen LogP contribution in [0, 0.1) is 5.41 Å². The fraction of sp³-hybridized carbons (Fsp3) is 0.357. The van der Waals surface area contributed by atoms with Crippen molar-refractivity contribution in [3.63, 3.8) is 0 Å². The lowest BCUT2D eigenvalue weighted by atomic mass is 10.1. The predicted molar refractivity (Wildman–Crippen MR) is 68.5 cm³/mol. The Kier molecular flexibility index (Phi) is 2.59. The first-order valence-electron chi connectivity index (χ1n) is 6.16. The average Bonchev–Trinajstić information content (AvgIpc) is 2.83. The largest absolute Gasteiger partial charge is 0.464 e. The van der Waals surface area contributed by atoms with Crippen LogP contribution in [0.3, 0.4) is 0 Å². The molecule has 1 saturated heterocycles. The van der Waals surface area contributed by atoms with Crippen molar-refractivity contribution in [1.29, 1.82) is 5.41 Å². The molecule has 0 radical (unpaired) electrons. The number of hydrogen-bond acceptors (Lipinski definition) is 2. The fourth-order valence-electron chi connectivity index (χ4n) is 2.45. The van der Waals surface area contributed by atoms with Crippen LogP contribution < -0.4 is 0 Å². The number of hydrogen-bond donors (Lipinski definition) is 1. The molecule has 1 aliphatic heterocycles. The van der Waals surface area contributed by atoms with Crippen molar-refractivity contribution < 1.29 is 4.42 Å². The molecule has 1 aromatic carbocycles. The Hall–Kier alpha value is -1.77. The zero-order valence-corrected chi connectivity index (χ0v) is 9.78. The van der Waals surface area contributed by atoms with E-state index < -0.39 is 0 Å². The molecule has 0 amide bonds. The van der Waals surface area contributed by atoms with E-state index in [0.29, 0.717) is 5.84 Å². The van der Waals surface area contributed by atoms with Crippen LogP contribution in [-0.2, 0) is 0 Å². The third-order valence-corrected chi connectivity index (χ3v) is 3.41. The molecule has 88 valence electrons. The summed E-state index contributed by atoms with van der Waals surface area (Å²) in [7, 11) is 0. The molecule has 3 rings (SSSR count). The minimum atomic E-state index is 0.606. The van der Waals surface area contributed by atoms with Gasteiger partial charge in [-0.15, -0.1) is 0 Å². The number of nitrogens with zero attached hydrogens (tertiary/aromatic N) is 1. The number of rotatable bonds is 1. The van der Waals surface area contributed by atoms with Crippen LogP contribution in [-0.4, -0.2) is 23.8 Å². The Morgan fingerprint density at radius 3 is 2.71 bits per heavy atom. The number of benzene rings is 1. The third-order valence-electron chi connectivity index (χ3n) is 3.41. The van der Waals surface area contributed by atoms with Gasteiger partial charge >= 0.3 is 0 Å². The quantitative estimate of drug-likeness (QED) is 0.601. The van der Waals surface area contributed by atoms with Crippen molar-refractivity contribution in [2.45, 2.75) is 19.3 Å². The molecule has 1 N–H and O–H groups in total. The average molecular weight is 228 g/mol. The van der Waals surface area contributed by atoms with Crippen LogP contribution in [0.1, 0.15) is 24.8 Å². The Labute approximate surface area is 101 Å². The van der Waals surface area contributed by atoms with Crippen LogP contribution in [0.15, 0.2) is 34.9 Å². The SMILES string of the molecule is N=C(c1coc2ccccc12)N1CCCCC1. The summed E-state index contributed by atoms with van der Waals surface area (Å²) in [5, 5.41) is 9.33. The van der Waals surface area contributed by atoms with Crippen molar-refractivity contribution in [2.24, 2.45) is 0 Å². The van der Waals surface area contributed by atoms with Gasteiger partial charge in [-0.25, -0.2) is 0 Å². The first-order chi connectivity index (χ1) is 8.36. The summed E-state index contributed by atoms with van der Waals surface area (Å²) >= 11 is 0. The van der Waals surface area contributed by atoms with Crippen molar-refractivity contribution in [1.82, 2.24) is 4.90 Å². The number of fused-ring (bicyclic) bond motifs is 1. The van der Waals surface area contributed by atoms with Crippen LogP contribution >= 0.6 is 0 Å². The van der Waals surface area contributed by atoms with E-state index in [4.69, 9.17) is 9.83 Å². The summed E-state index contributed by atoms with van der Waals surface area (Å²) in [6, 6.07) is 7.92. The summed E-state index contributed by atoms with van der Waals surface area (Å²) in [4.78, 5) is 2.15. The summed E-state index contributed by atoms with van der Waals surface area (Å²) in [6.07, 6.45) is 5.38. The third kappa shape index (κ3) is 1.82. The minimum Gasteiger partial charge on any atom is -0.464 e. The van der Waals surface area contributed by atoms with Crippen molar-refractivity contribution >= 4 is 16.8 Å². The molecule has 17 heavy (non-hydrogen) atoms. The van der Waals surface area contributed by atoms with Crippen molar-refractivity contribution in [3.8, 4) is 0 Å². The second kappa shape index (κ2) is 4.24. The second-order valence-electron chi connectivity index (χ2n) is 4.54. The summed E-state index contributed by atoms with van der Waals surface area (Å²) in [5.41, 5.74) is 1.78. The Morgan fingerprint density at radius 1 is 1.12 bits per heavy atom. The molecule has 2 heterocycles. The van der Waals surface area contributed by atoms with Gasteiger partial charge in [-0.2, -0.15) is 0 Å². The number of likely N-dealkylation sites (tertiary alicyclic amines) is 1. The fourth-order valence-corrected chi connectivity index (χ4v) is 2.45. The molecule has 0 atom stereocenters. The normalized spacial score (nSPS) is 16.4. The maximum Gasteiger partial charge on any atom is 0.134 e. The lowest BCUT2D eigenvalue weighted by Gasteiger charge is -2.28. The smallest absolute Gasteiger partial charge is 0.134 e. The van der Waals surface area contributed by atoms with Crippen LogP contribution in [0.5, 0.6) is 0 Å². The maximum absolute atomic E-state index is 8.29. The van der Waals surface area contributed by atoms with E-state index in [-0.39, 0.29) is 0 Å². The number of nitrogens with one attached hydrogen (secondary N) is 1. The number of amidine groups is 1. The standard InChI is InChI=1S/C14H16N2O/c15-14(16-8-4-1-5-9-16)12-10-17-13-7-3-2-6-11(12)13/h2-3,6-7,10,15H,1,4-5,8-9H2. The summed E-state index contributed by atoms with van der Waals surface area (Å²) in [6.45, 7) is 2.00. The highest BCUT2D eigenvalue weighted by atomic mass is 16.3. The van der Waals surface area contributed by atoms with E-state index in [1.807, 2.05) is 24.3 Å². The molecular formula is C14H16N2O. The van der Waals surface area contributed by atoms with E-state index >= 15 is 0 Å². The predicted octanol–water partition coefficient (Wildman–Crippen LogP) is 3.24. The summed E-state index contributed by atoms with van der Waals surface area (Å²) in [5.74, 6) is 0.606. The van der Waals surface area contributed by atoms with E-state index in [2.05, 4.69) is 4.90 Å². The highest BCUT2D eigenvalue weighted by Gasteiger charge is 2.18. The van der Waals surface area contributed by atoms with E-state index in [1.165, 1.54) is 19.3 Å². The van der Waals surface area contributed by atoms with E-state index in [1.54, 1.807) is 6.26 Å². The molecule has 0 bridgehead atoms. The molecule has 0 unspecified atom stereocenters. The molecule has 1 aromatic heterocycles. The molecule has 1 fully saturated rings. The molecule has 3 nitrogen and oxygen atoms in total. The molecule has 1 aliphatic rings. The number of piperidine rings is 1.